The molecule has 1 aromatic heterocycles. The molecule has 1 aromatic rings. The van der Waals surface area contributed by atoms with Crippen molar-refractivity contribution in [2.45, 2.75) is 64.9 Å². The number of unbranched alkanes of at least 4 members (excludes halogenated alkanes) is 3. The molecule has 0 aliphatic carbocycles. The molecule has 0 saturated heterocycles. The van der Waals surface area contributed by atoms with E-state index in [1.54, 1.807) is 18.4 Å². The van der Waals surface area contributed by atoms with Crippen LogP contribution in [-0.4, -0.2) is 37.7 Å². The van der Waals surface area contributed by atoms with Crippen LogP contribution in [0.1, 0.15) is 57.8 Å². The molecule has 0 aliphatic rings. The van der Waals surface area contributed by atoms with E-state index < -0.39 is 0 Å². The second-order valence-corrected chi connectivity index (χ2v) is 8.04. The van der Waals surface area contributed by atoms with Gasteiger partial charge in [0.25, 0.3) is 0 Å². The molecule has 1 rings (SSSR count). The highest BCUT2D eigenvalue weighted by Gasteiger charge is 2.15. The van der Waals surface area contributed by atoms with Gasteiger partial charge in [-0.05, 0) is 51.5 Å². The molecule has 0 fully saturated rings. The third-order valence-electron chi connectivity index (χ3n) is 3.49. The molecule has 5 nitrogen and oxygen atoms in total. The first-order valence-electron chi connectivity index (χ1n) is 9.09. The van der Waals surface area contributed by atoms with Gasteiger partial charge in [-0.15, -0.1) is 35.3 Å². The number of thiophene rings is 1. The number of rotatable bonds is 10. The molecule has 0 spiro atoms. The molecule has 0 atom stereocenters. The van der Waals surface area contributed by atoms with Crippen molar-refractivity contribution in [1.29, 1.82) is 0 Å². The van der Waals surface area contributed by atoms with Crippen LogP contribution in [0, 0.1) is 0 Å². The second-order valence-electron chi connectivity index (χ2n) is 7.01. The van der Waals surface area contributed by atoms with Gasteiger partial charge in [-0.3, -0.25) is 9.79 Å². The van der Waals surface area contributed by atoms with Gasteiger partial charge in [-0.1, -0.05) is 18.9 Å². The zero-order valence-electron chi connectivity index (χ0n) is 16.5. The summed E-state index contributed by atoms with van der Waals surface area (Å²) in [5, 5.41) is 8.76. The van der Waals surface area contributed by atoms with Crippen LogP contribution in [0.15, 0.2) is 22.5 Å². The Morgan fingerprint density at radius 2 is 1.85 bits per heavy atom. The molecule has 0 amide bonds. The summed E-state index contributed by atoms with van der Waals surface area (Å²) in [6.45, 7) is 7.48. The predicted octanol–water partition coefficient (Wildman–Crippen LogP) is 4.37. The number of hydrogen-bond acceptors (Lipinski definition) is 4. The smallest absolute Gasteiger partial charge is 0.306 e. The van der Waals surface area contributed by atoms with E-state index in [-0.39, 0.29) is 35.5 Å². The molecular weight excluding hydrogens is 461 g/mol. The minimum atomic E-state index is -0.382. The van der Waals surface area contributed by atoms with Crippen molar-refractivity contribution in [2.24, 2.45) is 4.99 Å². The first kappa shape index (κ1) is 25.2. The maximum absolute atomic E-state index is 11.6. The quantitative estimate of drug-likeness (QED) is 0.166. The molecule has 150 valence electrons. The van der Waals surface area contributed by atoms with Gasteiger partial charge in [0, 0.05) is 31.4 Å². The van der Waals surface area contributed by atoms with E-state index in [0.29, 0.717) is 6.42 Å². The fourth-order valence-corrected chi connectivity index (χ4v) is 3.04. The summed E-state index contributed by atoms with van der Waals surface area (Å²) in [6, 6.07) is 4.23. The summed E-state index contributed by atoms with van der Waals surface area (Å²) in [6.07, 6.45) is 5.63. The van der Waals surface area contributed by atoms with Crippen molar-refractivity contribution in [1.82, 2.24) is 10.6 Å². The van der Waals surface area contributed by atoms with Gasteiger partial charge < -0.3 is 15.4 Å². The molecule has 0 saturated carbocycles. The summed E-state index contributed by atoms with van der Waals surface area (Å²) < 4.78 is 5.30. The Morgan fingerprint density at radius 1 is 1.15 bits per heavy atom. The minimum absolute atomic E-state index is 0. The van der Waals surface area contributed by atoms with E-state index in [1.165, 1.54) is 4.88 Å². The Bertz CT molecular complexity index is 513. The number of nitrogens with one attached hydrogen (secondary N) is 2. The van der Waals surface area contributed by atoms with Crippen LogP contribution in [0.2, 0.25) is 0 Å². The number of halogens is 1. The standard InChI is InChI=1S/C19H33N3O2S.HI/c1-19(2,3)24-17(23)11-7-5-6-8-13-21-18(20-4)22-14-12-16-10-9-15-25-16;/h9-10,15H,5-8,11-14H2,1-4H3,(H2,20,21,22);1H. The Kier molecular flexibility index (Phi) is 13.8. The van der Waals surface area contributed by atoms with Crippen molar-refractivity contribution >= 4 is 47.2 Å². The zero-order valence-corrected chi connectivity index (χ0v) is 19.6. The second kappa shape index (κ2) is 14.3. The van der Waals surface area contributed by atoms with E-state index in [2.05, 4.69) is 33.1 Å². The van der Waals surface area contributed by atoms with Crippen molar-refractivity contribution in [3.8, 4) is 0 Å². The van der Waals surface area contributed by atoms with Gasteiger partial charge in [0.15, 0.2) is 5.96 Å². The fourth-order valence-electron chi connectivity index (χ4n) is 2.33. The highest BCUT2D eigenvalue weighted by atomic mass is 127. The molecule has 1 heterocycles. The van der Waals surface area contributed by atoms with Crippen molar-refractivity contribution in [2.75, 3.05) is 20.1 Å². The molecular formula is C19H34IN3O2S. The van der Waals surface area contributed by atoms with E-state index >= 15 is 0 Å². The van der Waals surface area contributed by atoms with Crippen LogP contribution in [0.5, 0.6) is 0 Å². The van der Waals surface area contributed by atoms with E-state index in [9.17, 15) is 4.79 Å². The third-order valence-corrected chi connectivity index (χ3v) is 4.42. The first-order valence-corrected chi connectivity index (χ1v) is 9.97. The van der Waals surface area contributed by atoms with E-state index in [0.717, 1.165) is 51.2 Å². The number of nitrogens with zero attached hydrogens (tertiary/aromatic N) is 1. The summed E-state index contributed by atoms with van der Waals surface area (Å²) >= 11 is 1.78. The summed E-state index contributed by atoms with van der Waals surface area (Å²) in [5.41, 5.74) is -0.382. The largest absolute Gasteiger partial charge is 0.460 e. The van der Waals surface area contributed by atoms with E-state index in [1.807, 2.05) is 20.8 Å². The van der Waals surface area contributed by atoms with Crippen molar-refractivity contribution in [3.63, 3.8) is 0 Å². The molecule has 7 heteroatoms. The molecule has 26 heavy (non-hydrogen) atoms. The number of aliphatic imine (C=N–C) groups is 1. The van der Waals surface area contributed by atoms with Crippen molar-refractivity contribution < 1.29 is 9.53 Å². The third kappa shape index (κ3) is 13.4. The van der Waals surface area contributed by atoms with Crippen LogP contribution < -0.4 is 10.6 Å². The normalized spacial score (nSPS) is 11.6. The van der Waals surface area contributed by atoms with Gasteiger partial charge in [-0.25, -0.2) is 0 Å². The predicted molar refractivity (Wildman–Crippen MR) is 122 cm³/mol. The molecule has 0 aromatic carbocycles. The molecule has 0 unspecified atom stereocenters. The van der Waals surface area contributed by atoms with Gasteiger partial charge in [0.05, 0.1) is 0 Å². The van der Waals surface area contributed by atoms with Crippen LogP contribution >= 0.6 is 35.3 Å². The molecule has 2 N–H and O–H groups in total. The maximum atomic E-state index is 11.6. The number of hydrogen-bond donors (Lipinski definition) is 2. The fraction of sp³-hybridized carbons (Fsp3) is 0.684. The monoisotopic (exact) mass is 495 g/mol. The number of guanidine groups is 1. The number of carbonyl (C=O) groups excluding carboxylic acids is 1. The summed E-state index contributed by atoms with van der Waals surface area (Å²) in [7, 11) is 1.79. The lowest BCUT2D eigenvalue weighted by Crippen LogP contribution is -2.38. The van der Waals surface area contributed by atoms with Gasteiger partial charge in [-0.2, -0.15) is 0 Å². The Morgan fingerprint density at radius 3 is 2.46 bits per heavy atom. The average Bonchev–Trinajstić information content (AvgIpc) is 3.03. The Hall–Kier alpha value is -0.830. The van der Waals surface area contributed by atoms with Crippen LogP contribution in [0.4, 0.5) is 0 Å². The van der Waals surface area contributed by atoms with Crippen LogP contribution in [0.3, 0.4) is 0 Å². The number of esters is 1. The summed E-state index contributed by atoms with van der Waals surface area (Å²) in [5.74, 6) is 0.756. The Balaban J connectivity index is 0.00000625. The Labute approximate surface area is 179 Å². The highest BCUT2D eigenvalue weighted by Crippen LogP contribution is 2.11. The number of carbonyl (C=O) groups is 1. The average molecular weight is 495 g/mol. The van der Waals surface area contributed by atoms with Gasteiger partial charge >= 0.3 is 5.97 Å². The topological polar surface area (TPSA) is 62.7 Å². The lowest BCUT2D eigenvalue weighted by molar-refractivity contribution is -0.154. The lowest BCUT2D eigenvalue weighted by atomic mass is 10.1. The van der Waals surface area contributed by atoms with E-state index in [4.69, 9.17) is 4.74 Å². The summed E-state index contributed by atoms with van der Waals surface area (Å²) in [4.78, 5) is 17.2. The number of ether oxygens (including phenoxy) is 1. The SMILES string of the molecule is CN=C(NCCCCCCC(=O)OC(C)(C)C)NCCc1cccs1.I. The lowest BCUT2D eigenvalue weighted by Gasteiger charge is -2.19. The van der Waals surface area contributed by atoms with Crippen LogP contribution in [0.25, 0.3) is 0 Å². The molecule has 0 radical (unpaired) electrons. The maximum Gasteiger partial charge on any atom is 0.306 e. The van der Waals surface area contributed by atoms with Crippen molar-refractivity contribution in [3.05, 3.63) is 22.4 Å². The minimum Gasteiger partial charge on any atom is -0.460 e. The van der Waals surface area contributed by atoms with Gasteiger partial charge in [0.2, 0.25) is 0 Å². The molecule has 0 bridgehead atoms. The first-order chi connectivity index (χ1) is 11.9. The van der Waals surface area contributed by atoms with Gasteiger partial charge in [0.1, 0.15) is 5.60 Å². The zero-order chi connectivity index (χ0) is 18.5. The highest BCUT2D eigenvalue weighted by molar-refractivity contribution is 14.0. The van der Waals surface area contributed by atoms with Crippen LogP contribution in [-0.2, 0) is 16.0 Å². The molecule has 0 aliphatic heterocycles.